The Bertz CT molecular complexity index is 529. The van der Waals surface area contributed by atoms with Gasteiger partial charge in [-0.15, -0.1) is 0 Å². The van der Waals surface area contributed by atoms with Crippen molar-refractivity contribution in [3.8, 4) is 0 Å². The summed E-state index contributed by atoms with van der Waals surface area (Å²) < 4.78 is 10.4. The van der Waals surface area contributed by atoms with Crippen LogP contribution in [0.25, 0.3) is 11.6 Å². The van der Waals surface area contributed by atoms with Crippen molar-refractivity contribution in [2.45, 2.75) is 20.0 Å². The van der Waals surface area contributed by atoms with Crippen LogP contribution in [0.5, 0.6) is 0 Å². The number of ether oxygens (including phenoxy) is 2. The summed E-state index contributed by atoms with van der Waals surface area (Å²) in [4.78, 5) is 11.3. The van der Waals surface area contributed by atoms with E-state index >= 15 is 0 Å². The van der Waals surface area contributed by atoms with Crippen LogP contribution in [0.15, 0.2) is 30.9 Å². The van der Waals surface area contributed by atoms with Gasteiger partial charge in [-0.25, -0.2) is 4.79 Å². The van der Waals surface area contributed by atoms with Gasteiger partial charge < -0.3 is 9.47 Å². The molecular weight excluding hydrogens is 240 g/mol. The minimum atomic E-state index is -0.333. The third-order valence-corrected chi connectivity index (χ3v) is 3.02. The molecule has 0 spiro atoms. The first-order chi connectivity index (χ1) is 9.11. The maximum Gasteiger partial charge on any atom is 0.332 e. The Kier molecular flexibility index (Phi) is 4.17. The summed E-state index contributed by atoms with van der Waals surface area (Å²) in [7, 11) is 0. The van der Waals surface area contributed by atoms with Crippen LogP contribution in [0.2, 0.25) is 0 Å². The van der Waals surface area contributed by atoms with Gasteiger partial charge >= 0.3 is 5.97 Å². The fourth-order valence-electron chi connectivity index (χ4n) is 2.04. The van der Waals surface area contributed by atoms with E-state index in [9.17, 15) is 4.79 Å². The number of esters is 1. The minimum absolute atomic E-state index is 0.0282. The smallest absolute Gasteiger partial charge is 0.332 e. The molecule has 0 radical (unpaired) electrons. The van der Waals surface area contributed by atoms with Crippen molar-refractivity contribution >= 4 is 17.6 Å². The predicted octanol–water partition coefficient (Wildman–Crippen LogP) is 3.37. The lowest BCUT2D eigenvalue weighted by atomic mass is 10.0. The Labute approximate surface area is 113 Å². The van der Waals surface area contributed by atoms with E-state index in [-0.39, 0.29) is 18.7 Å². The molecule has 0 aliphatic heterocycles. The molecule has 2 rings (SSSR count). The first kappa shape index (κ1) is 13.6. The first-order valence-electron chi connectivity index (χ1n) is 6.37. The number of fused-ring (bicyclic) bond motifs is 1. The van der Waals surface area contributed by atoms with Gasteiger partial charge in [0.1, 0.15) is 12.7 Å². The molecule has 1 aliphatic rings. The molecule has 1 unspecified atom stereocenters. The SMILES string of the molecule is C=C(C)c1ccc2c(c1)C(OCC(=O)OCC)C=C2. The minimum Gasteiger partial charge on any atom is -0.464 e. The van der Waals surface area contributed by atoms with E-state index in [1.165, 1.54) is 0 Å². The highest BCUT2D eigenvalue weighted by Crippen LogP contribution is 2.32. The lowest BCUT2D eigenvalue weighted by Gasteiger charge is -2.13. The maximum atomic E-state index is 11.3. The number of hydrogen-bond donors (Lipinski definition) is 0. The summed E-state index contributed by atoms with van der Waals surface area (Å²) in [5.41, 5.74) is 4.30. The second-order valence-electron chi connectivity index (χ2n) is 4.52. The zero-order valence-corrected chi connectivity index (χ0v) is 11.3. The summed E-state index contributed by atoms with van der Waals surface area (Å²) in [6.07, 6.45) is 3.78. The highest BCUT2D eigenvalue weighted by atomic mass is 16.6. The standard InChI is InChI=1S/C16H18O3/c1-4-18-16(17)10-19-15-8-7-12-5-6-13(11(2)3)9-14(12)15/h5-9,15H,2,4,10H2,1,3H3. The highest BCUT2D eigenvalue weighted by molar-refractivity contribution is 5.71. The van der Waals surface area contributed by atoms with Crippen LogP contribution >= 0.6 is 0 Å². The Morgan fingerprint density at radius 2 is 2.21 bits per heavy atom. The third kappa shape index (κ3) is 3.12. The number of rotatable bonds is 5. The van der Waals surface area contributed by atoms with Crippen LogP contribution in [-0.2, 0) is 14.3 Å². The fourth-order valence-corrected chi connectivity index (χ4v) is 2.04. The lowest BCUT2D eigenvalue weighted by Crippen LogP contribution is -2.14. The van der Waals surface area contributed by atoms with E-state index in [4.69, 9.17) is 9.47 Å². The molecule has 0 aromatic heterocycles. The summed E-state index contributed by atoms with van der Waals surface area (Å²) in [5, 5.41) is 0. The maximum absolute atomic E-state index is 11.3. The van der Waals surface area contributed by atoms with E-state index in [0.717, 1.165) is 22.3 Å². The Balaban J connectivity index is 2.08. The van der Waals surface area contributed by atoms with Gasteiger partial charge in [0.25, 0.3) is 0 Å². The molecule has 0 saturated carbocycles. The fraction of sp³-hybridized carbons (Fsp3) is 0.312. The van der Waals surface area contributed by atoms with E-state index in [1.54, 1.807) is 6.92 Å². The van der Waals surface area contributed by atoms with Gasteiger partial charge in [-0.05, 0) is 36.6 Å². The van der Waals surface area contributed by atoms with Crippen molar-refractivity contribution in [1.29, 1.82) is 0 Å². The van der Waals surface area contributed by atoms with Gasteiger partial charge in [-0.2, -0.15) is 0 Å². The van der Waals surface area contributed by atoms with Crippen molar-refractivity contribution in [2.24, 2.45) is 0 Å². The second kappa shape index (κ2) is 5.85. The molecule has 3 heteroatoms. The molecule has 100 valence electrons. The average Bonchev–Trinajstić information content (AvgIpc) is 2.79. The molecule has 0 amide bonds. The molecular formula is C16H18O3. The molecule has 0 N–H and O–H groups in total. The van der Waals surface area contributed by atoms with Gasteiger partial charge in [0.15, 0.2) is 0 Å². The van der Waals surface area contributed by atoms with E-state index in [1.807, 2.05) is 31.2 Å². The van der Waals surface area contributed by atoms with Crippen molar-refractivity contribution in [3.05, 3.63) is 47.5 Å². The third-order valence-electron chi connectivity index (χ3n) is 3.02. The van der Waals surface area contributed by atoms with Crippen LogP contribution < -0.4 is 0 Å². The molecule has 19 heavy (non-hydrogen) atoms. The molecule has 0 heterocycles. The highest BCUT2D eigenvalue weighted by Gasteiger charge is 2.19. The topological polar surface area (TPSA) is 35.5 Å². The molecule has 3 nitrogen and oxygen atoms in total. The summed E-state index contributed by atoms with van der Waals surface area (Å²) in [5.74, 6) is -0.333. The van der Waals surface area contributed by atoms with Crippen LogP contribution in [0.1, 0.15) is 36.6 Å². The molecule has 0 saturated heterocycles. The molecule has 1 aliphatic carbocycles. The van der Waals surface area contributed by atoms with E-state index < -0.39 is 0 Å². The van der Waals surface area contributed by atoms with Crippen LogP contribution in [-0.4, -0.2) is 19.2 Å². The number of allylic oxidation sites excluding steroid dienone is 1. The van der Waals surface area contributed by atoms with Crippen molar-refractivity contribution in [1.82, 2.24) is 0 Å². The number of carbonyl (C=O) groups is 1. The lowest BCUT2D eigenvalue weighted by molar-refractivity contribution is -0.149. The van der Waals surface area contributed by atoms with Gasteiger partial charge in [0.05, 0.1) is 6.61 Å². The van der Waals surface area contributed by atoms with E-state index in [2.05, 4.69) is 12.6 Å². The zero-order chi connectivity index (χ0) is 13.8. The van der Waals surface area contributed by atoms with Gasteiger partial charge in [-0.1, -0.05) is 36.4 Å². The normalized spacial score (nSPS) is 16.2. The zero-order valence-electron chi connectivity index (χ0n) is 11.3. The Hall–Kier alpha value is -1.87. The second-order valence-corrected chi connectivity index (χ2v) is 4.52. The average molecular weight is 258 g/mol. The Morgan fingerprint density at radius 3 is 2.89 bits per heavy atom. The van der Waals surface area contributed by atoms with Gasteiger partial charge in [0, 0.05) is 0 Å². The molecule has 0 fully saturated rings. The number of carbonyl (C=O) groups excluding carboxylic acids is 1. The van der Waals surface area contributed by atoms with Crippen molar-refractivity contribution in [2.75, 3.05) is 13.2 Å². The quantitative estimate of drug-likeness (QED) is 0.760. The first-order valence-corrected chi connectivity index (χ1v) is 6.37. The molecule has 1 aromatic carbocycles. The Morgan fingerprint density at radius 1 is 1.42 bits per heavy atom. The van der Waals surface area contributed by atoms with Crippen molar-refractivity contribution < 1.29 is 14.3 Å². The number of hydrogen-bond acceptors (Lipinski definition) is 3. The van der Waals surface area contributed by atoms with Crippen LogP contribution in [0.4, 0.5) is 0 Å². The largest absolute Gasteiger partial charge is 0.464 e. The van der Waals surface area contributed by atoms with Gasteiger partial charge in [0.2, 0.25) is 0 Å². The monoisotopic (exact) mass is 258 g/mol. The molecule has 1 atom stereocenters. The van der Waals surface area contributed by atoms with Gasteiger partial charge in [-0.3, -0.25) is 0 Å². The summed E-state index contributed by atoms with van der Waals surface area (Å²) in [6.45, 7) is 8.04. The van der Waals surface area contributed by atoms with E-state index in [0.29, 0.717) is 6.61 Å². The molecule has 0 bridgehead atoms. The number of benzene rings is 1. The van der Waals surface area contributed by atoms with Crippen LogP contribution in [0.3, 0.4) is 0 Å². The van der Waals surface area contributed by atoms with Crippen molar-refractivity contribution in [3.63, 3.8) is 0 Å². The molecule has 1 aromatic rings. The summed E-state index contributed by atoms with van der Waals surface area (Å²) >= 11 is 0. The van der Waals surface area contributed by atoms with Crippen LogP contribution in [0, 0.1) is 0 Å². The summed E-state index contributed by atoms with van der Waals surface area (Å²) in [6, 6.07) is 6.15. The predicted molar refractivity (Wildman–Crippen MR) is 75.5 cm³/mol.